The van der Waals surface area contributed by atoms with Crippen LogP contribution in [-0.4, -0.2) is 43.6 Å². The van der Waals surface area contributed by atoms with E-state index in [1.807, 2.05) is 42.9 Å². The van der Waals surface area contributed by atoms with Crippen LogP contribution in [0.25, 0.3) is 117 Å². The van der Waals surface area contributed by atoms with Crippen molar-refractivity contribution in [2.75, 3.05) is 0 Å². The van der Waals surface area contributed by atoms with Crippen LogP contribution in [0.5, 0.6) is 0 Å². The summed E-state index contributed by atoms with van der Waals surface area (Å²) in [5.74, 6) is 2.00. The van der Waals surface area contributed by atoms with Crippen molar-refractivity contribution in [3.05, 3.63) is 225 Å². The van der Waals surface area contributed by atoms with Gasteiger partial charge in [0, 0.05) is 67.1 Å². The van der Waals surface area contributed by atoms with Crippen molar-refractivity contribution < 1.29 is 0 Å². The number of fused-ring (bicyclic) bond motifs is 9. The van der Waals surface area contributed by atoms with Crippen LogP contribution in [0, 0.1) is 0 Å². The van der Waals surface area contributed by atoms with Crippen molar-refractivity contribution in [3.63, 3.8) is 0 Å². The molecule has 9 heteroatoms. The predicted octanol–water partition coefficient (Wildman–Crippen LogP) is 13.9. The molecule has 0 radical (unpaired) electrons. The highest BCUT2D eigenvalue weighted by molar-refractivity contribution is 6.13. The van der Waals surface area contributed by atoms with Gasteiger partial charge in [0.25, 0.3) is 0 Å². The van der Waals surface area contributed by atoms with Crippen LogP contribution in [0.2, 0.25) is 0 Å². The Morgan fingerprint density at radius 2 is 1.07 bits per heavy atom. The Labute approximate surface area is 395 Å². The maximum Gasteiger partial charge on any atom is 0.238 e. The van der Waals surface area contributed by atoms with E-state index in [0.717, 1.165) is 117 Å². The fourth-order valence-corrected chi connectivity index (χ4v) is 10.4. The average Bonchev–Trinajstić information content (AvgIpc) is 4.06. The highest BCUT2D eigenvalue weighted by Gasteiger charge is 2.22. The Morgan fingerprint density at radius 3 is 1.88 bits per heavy atom. The third-order valence-corrected chi connectivity index (χ3v) is 13.5. The van der Waals surface area contributed by atoms with Crippen LogP contribution >= 0.6 is 0 Å². The van der Waals surface area contributed by atoms with Crippen molar-refractivity contribution in [1.29, 1.82) is 0 Å². The number of pyridine rings is 1. The Balaban J connectivity index is 0.884. The van der Waals surface area contributed by atoms with Gasteiger partial charge in [-0.3, -0.25) is 14.5 Å². The Bertz CT molecular complexity index is 4240. The van der Waals surface area contributed by atoms with E-state index in [9.17, 15) is 0 Å². The lowest BCUT2D eigenvalue weighted by atomic mass is 10.00. The Hall–Kier alpha value is -9.34. The normalized spacial score (nSPS) is 13.8. The van der Waals surface area contributed by atoms with Crippen LogP contribution in [-0.2, 0) is 0 Å². The first kappa shape index (κ1) is 38.9. The summed E-state index contributed by atoms with van der Waals surface area (Å²) in [5, 5.41) is 5.61. The molecule has 0 N–H and O–H groups in total. The standard InChI is InChI=1S/C60H39N9/c1-4-15-38(16-5-1)58-64-59(39-17-6-2-7-18-39)66-60(65-58)69-52-24-13-10-21-44(52)46-29-26-41(34-56(46)69)50-37-61-36-49(63-50)40-27-30-53-47(33-40)45-22-11-12-23-51(45)68(53)43-28-31-54-48(35-43)57-55(25-14-32-62-57)67(54)42-19-8-3-9-20-42/h1-17,19-37,39H,18H2. The molecule has 9 nitrogen and oxygen atoms in total. The van der Waals surface area contributed by atoms with Gasteiger partial charge in [-0.2, -0.15) is 9.97 Å². The Morgan fingerprint density at radius 1 is 0.420 bits per heavy atom. The zero-order valence-corrected chi connectivity index (χ0v) is 37.1. The lowest BCUT2D eigenvalue weighted by Gasteiger charge is -2.15. The fourth-order valence-electron chi connectivity index (χ4n) is 10.4. The molecule has 0 fully saturated rings. The summed E-state index contributed by atoms with van der Waals surface area (Å²) in [6, 6.07) is 61.8. The zero-order chi connectivity index (χ0) is 45.4. The molecular weight excluding hydrogens is 847 g/mol. The smallest absolute Gasteiger partial charge is 0.238 e. The minimum atomic E-state index is 0.0398. The number of rotatable bonds is 7. The zero-order valence-electron chi connectivity index (χ0n) is 37.1. The minimum absolute atomic E-state index is 0.0398. The molecule has 13 aromatic rings. The first-order chi connectivity index (χ1) is 34.2. The molecule has 0 aliphatic heterocycles. The molecule has 0 saturated heterocycles. The molecular formula is C60H39N9. The van der Waals surface area contributed by atoms with Gasteiger partial charge in [0.2, 0.25) is 5.95 Å². The summed E-state index contributed by atoms with van der Waals surface area (Å²) in [6.07, 6.45) is 14.9. The summed E-state index contributed by atoms with van der Waals surface area (Å²) in [4.78, 5) is 30.4. The van der Waals surface area contributed by atoms with E-state index in [1.54, 1.807) is 0 Å². The van der Waals surface area contributed by atoms with E-state index in [2.05, 4.69) is 190 Å². The molecule has 6 heterocycles. The van der Waals surface area contributed by atoms with Gasteiger partial charge >= 0.3 is 0 Å². The lowest BCUT2D eigenvalue weighted by Crippen LogP contribution is -2.11. The van der Waals surface area contributed by atoms with Crippen LogP contribution in [0.3, 0.4) is 0 Å². The number of hydrogen-bond acceptors (Lipinski definition) is 6. The third kappa shape index (κ3) is 6.32. The van der Waals surface area contributed by atoms with Gasteiger partial charge in [-0.1, -0.05) is 127 Å². The molecule has 14 rings (SSSR count). The van der Waals surface area contributed by atoms with Crippen LogP contribution in [0.4, 0.5) is 0 Å². The number of benzene rings is 7. The van der Waals surface area contributed by atoms with Crippen molar-refractivity contribution in [2.45, 2.75) is 12.3 Å². The van der Waals surface area contributed by atoms with E-state index in [0.29, 0.717) is 11.8 Å². The summed E-state index contributed by atoms with van der Waals surface area (Å²) in [7, 11) is 0. The molecule has 69 heavy (non-hydrogen) atoms. The second kappa shape index (κ2) is 15.6. The van der Waals surface area contributed by atoms with Crippen LogP contribution in [0.1, 0.15) is 18.2 Å². The molecule has 0 bridgehead atoms. The van der Waals surface area contributed by atoms with Gasteiger partial charge in [-0.15, -0.1) is 0 Å². The average molecular weight is 886 g/mol. The van der Waals surface area contributed by atoms with Gasteiger partial charge in [0.1, 0.15) is 5.82 Å². The second-order valence-corrected chi connectivity index (χ2v) is 17.5. The van der Waals surface area contributed by atoms with Gasteiger partial charge in [0.05, 0.1) is 62.4 Å². The highest BCUT2D eigenvalue weighted by atomic mass is 15.2. The van der Waals surface area contributed by atoms with Gasteiger partial charge in [-0.05, 0) is 79.2 Å². The molecule has 0 amide bonds. The topological polar surface area (TPSA) is 92.1 Å². The molecule has 7 aromatic carbocycles. The molecule has 1 aliphatic carbocycles. The third-order valence-electron chi connectivity index (χ3n) is 13.5. The van der Waals surface area contributed by atoms with Crippen LogP contribution < -0.4 is 0 Å². The molecule has 1 atom stereocenters. The maximum absolute atomic E-state index is 5.30. The number of aromatic nitrogens is 9. The summed E-state index contributed by atoms with van der Waals surface area (Å²) < 4.78 is 6.83. The first-order valence-corrected chi connectivity index (χ1v) is 23.2. The summed E-state index contributed by atoms with van der Waals surface area (Å²) in [5.41, 5.74) is 14.0. The van der Waals surface area contributed by atoms with E-state index in [-0.39, 0.29) is 5.92 Å². The molecule has 0 spiro atoms. The first-order valence-electron chi connectivity index (χ1n) is 23.2. The second-order valence-electron chi connectivity index (χ2n) is 17.5. The lowest BCUT2D eigenvalue weighted by molar-refractivity contribution is 0.750. The van der Waals surface area contributed by atoms with Crippen molar-refractivity contribution in [3.8, 4) is 51.2 Å². The number of para-hydroxylation sites is 3. The predicted molar refractivity (Wildman–Crippen MR) is 278 cm³/mol. The monoisotopic (exact) mass is 885 g/mol. The van der Waals surface area contributed by atoms with Crippen LogP contribution in [0.15, 0.2) is 219 Å². The molecule has 1 aliphatic rings. The molecule has 6 aromatic heterocycles. The van der Waals surface area contributed by atoms with Crippen molar-refractivity contribution >= 4 is 65.5 Å². The van der Waals surface area contributed by atoms with E-state index in [1.165, 1.54) is 0 Å². The fraction of sp³-hybridized carbons (Fsp3) is 0.0333. The molecule has 1 unspecified atom stereocenters. The van der Waals surface area contributed by atoms with Crippen molar-refractivity contribution in [2.24, 2.45) is 0 Å². The highest BCUT2D eigenvalue weighted by Crippen LogP contribution is 2.39. The quantitative estimate of drug-likeness (QED) is 0.158. The van der Waals surface area contributed by atoms with Gasteiger partial charge in [-0.25, -0.2) is 9.97 Å². The number of hydrogen-bond donors (Lipinski definition) is 0. The summed E-state index contributed by atoms with van der Waals surface area (Å²) >= 11 is 0. The summed E-state index contributed by atoms with van der Waals surface area (Å²) in [6.45, 7) is 0. The number of nitrogens with zero attached hydrogens (tertiary/aromatic N) is 9. The van der Waals surface area contributed by atoms with Gasteiger partial charge in [0.15, 0.2) is 5.82 Å². The SMILES string of the molecule is C1=CCC(c2nc(-c3ccccc3)nc(-n3c4ccccc4c4ccc(-c5cncc(-c6ccc7c(c6)c6ccccc6n7-c6ccc7c(c6)c6ncccc6n7-c6ccccc6)n5)cc43)n2)C=C1. The number of allylic oxidation sites excluding steroid dienone is 4. The Kier molecular flexibility index (Phi) is 8.82. The van der Waals surface area contributed by atoms with Crippen molar-refractivity contribution in [1.82, 2.24) is 43.6 Å². The van der Waals surface area contributed by atoms with E-state index in [4.69, 9.17) is 29.9 Å². The maximum atomic E-state index is 5.30. The largest absolute Gasteiger partial charge is 0.309 e. The molecule has 0 saturated carbocycles. The van der Waals surface area contributed by atoms with E-state index < -0.39 is 0 Å². The van der Waals surface area contributed by atoms with E-state index >= 15 is 0 Å². The minimum Gasteiger partial charge on any atom is -0.309 e. The molecule has 324 valence electrons. The van der Waals surface area contributed by atoms with Gasteiger partial charge < -0.3 is 9.13 Å².